The van der Waals surface area contributed by atoms with Crippen molar-refractivity contribution >= 4 is 22.4 Å². The molecule has 0 aliphatic carbocycles. The van der Waals surface area contributed by atoms with E-state index in [0.29, 0.717) is 5.52 Å². The first kappa shape index (κ1) is 11.8. The van der Waals surface area contributed by atoms with Gasteiger partial charge in [-0.25, -0.2) is 4.63 Å². The molecule has 0 bridgehead atoms. The molecule has 0 radical (unpaired) electrons. The minimum absolute atomic E-state index is 0.0760. The fourth-order valence-electron chi connectivity index (χ4n) is 2.33. The molecule has 1 aliphatic heterocycles. The van der Waals surface area contributed by atoms with E-state index in [1.807, 2.05) is 0 Å². The third-order valence-electron chi connectivity index (χ3n) is 3.25. The molecule has 1 aromatic carbocycles. The van der Waals surface area contributed by atoms with Gasteiger partial charge >= 0.3 is 5.69 Å². The molecule has 0 atom stereocenters. The number of nitrogens with one attached hydrogen (secondary N) is 1. The zero-order valence-corrected chi connectivity index (χ0v) is 10.2. The van der Waals surface area contributed by atoms with Crippen molar-refractivity contribution in [1.82, 2.24) is 15.6 Å². The highest BCUT2D eigenvalue weighted by Gasteiger charge is 2.22. The number of hydrogen-bond donors (Lipinski definition) is 1. The lowest BCUT2D eigenvalue weighted by atomic mass is 10.2. The fraction of sp³-hybridized carbons (Fsp3) is 0.455. The summed E-state index contributed by atoms with van der Waals surface area (Å²) in [7, 11) is 0. The highest BCUT2D eigenvalue weighted by Crippen LogP contribution is 2.31. The van der Waals surface area contributed by atoms with Gasteiger partial charge in [-0.2, -0.15) is 0 Å². The van der Waals surface area contributed by atoms with Crippen molar-refractivity contribution in [2.45, 2.75) is 6.42 Å². The van der Waals surface area contributed by atoms with E-state index >= 15 is 0 Å². The zero-order valence-electron chi connectivity index (χ0n) is 10.2. The Labute approximate surface area is 108 Å². The molecule has 2 heterocycles. The SMILES string of the molecule is O=[N+]([O-])c1ccc(N2CCCNCC2)c2nonc12. The van der Waals surface area contributed by atoms with Crippen LogP contribution < -0.4 is 10.2 Å². The molecule has 19 heavy (non-hydrogen) atoms. The van der Waals surface area contributed by atoms with E-state index in [4.69, 9.17) is 0 Å². The number of nitrogens with zero attached hydrogens (tertiary/aromatic N) is 4. The second kappa shape index (κ2) is 4.81. The van der Waals surface area contributed by atoms with Gasteiger partial charge in [0.05, 0.1) is 10.6 Å². The summed E-state index contributed by atoms with van der Waals surface area (Å²) in [6, 6.07) is 3.18. The van der Waals surface area contributed by atoms with Crippen LogP contribution in [-0.4, -0.2) is 41.4 Å². The first-order valence-electron chi connectivity index (χ1n) is 6.12. The van der Waals surface area contributed by atoms with Gasteiger partial charge in [-0.3, -0.25) is 10.1 Å². The van der Waals surface area contributed by atoms with Crippen LogP contribution >= 0.6 is 0 Å². The fourth-order valence-corrected chi connectivity index (χ4v) is 2.33. The summed E-state index contributed by atoms with van der Waals surface area (Å²) in [5.74, 6) is 0. The summed E-state index contributed by atoms with van der Waals surface area (Å²) in [4.78, 5) is 12.6. The Kier molecular flexibility index (Phi) is 3.00. The number of rotatable bonds is 2. The standard InChI is InChI=1S/C11H13N5O3/c17-16(18)9-3-2-8(10-11(9)14-19-13-10)15-6-1-4-12-5-7-15/h2-3,12H,1,4-7H2. The van der Waals surface area contributed by atoms with Crippen LogP contribution in [0.5, 0.6) is 0 Å². The zero-order chi connectivity index (χ0) is 13.2. The van der Waals surface area contributed by atoms with Crippen molar-refractivity contribution in [3.63, 3.8) is 0 Å². The number of nitro benzene ring substituents is 1. The summed E-state index contributed by atoms with van der Waals surface area (Å²) in [6.45, 7) is 3.57. The van der Waals surface area contributed by atoms with Crippen molar-refractivity contribution < 1.29 is 9.55 Å². The van der Waals surface area contributed by atoms with Crippen LogP contribution in [-0.2, 0) is 0 Å². The predicted octanol–water partition coefficient (Wildman–Crippen LogP) is 0.931. The molecule has 1 N–H and O–H groups in total. The predicted molar refractivity (Wildman–Crippen MR) is 68.2 cm³/mol. The molecular formula is C11H13N5O3. The van der Waals surface area contributed by atoms with Gasteiger partial charge < -0.3 is 10.2 Å². The second-order valence-electron chi connectivity index (χ2n) is 4.41. The van der Waals surface area contributed by atoms with E-state index in [1.54, 1.807) is 6.07 Å². The summed E-state index contributed by atoms with van der Waals surface area (Å²) < 4.78 is 4.67. The Morgan fingerprint density at radius 3 is 2.95 bits per heavy atom. The summed E-state index contributed by atoms with van der Waals surface area (Å²) in [5.41, 5.74) is 1.43. The first-order valence-corrected chi connectivity index (χ1v) is 6.12. The molecule has 3 rings (SSSR count). The lowest BCUT2D eigenvalue weighted by molar-refractivity contribution is -0.383. The van der Waals surface area contributed by atoms with Gasteiger partial charge in [0.2, 0.25) is 5.52 Å². The summed E-state index contributed by atoms with van der Waals surface area (Å²) in [6.07, 6.45) is 1.02. The van der Waals surface area contributed by atoms with Crippen LogP contribution in [0.25, 0.3) is 11.0 Å². The van der Waals surface area contributed by atoms with Gasteiger partial charge in [-0.1, -0.05) is 0 Å². The Bertz CT molecular complexity index is 603. The van der Waals surface area contributed by atoms with Crippen molar-refractivity contribution in [2.24, 2.45) is 0 Å². The van der Waals surface area contributed by atoms with E-state index in [9.17, 15) is 10.1 Å². The van der Waals surface area contributed by atoms with E-state index in [2.05, 4.69) is 25.2 Å². The molecule has 100 valence electrons. The van der Waals surface area contributed by atoms with Gasteiger partial charge in [-0.05, 0) is 29.3 Å². The van der Waals surface area contributed by atoms with Gasteiger partial charge in [-0.15, -0.1) is 0 Å². The Hall–Kier alpha value is -2.22. The number of non-ortho nitro benzene ring substituents is 1. The molecular weight excluding hydrogens is 250 g/mol. The average Bonchev–Trinajstić information content (AvgIpc) is 2.73. The Morgan fingerprint density at radius 1 is 1.26 bits per heavy atom. The molecule has 0 spiro atoms. The molecule has 8 heteroatoms. The van der Waals surface area contributed by atoms with Crippen LogP contribution in [0.2, 0.25) is 0 Å². The first-order chi connectivity index (χ1) is 9.27. The molecule has 0 amide bonds. The lowest BCUT2D eigenvalue weighted by Crippen LogP contribution is -2.28. The Morgan fingerprint density at radius 2 is 2.11 bits per heavy atom. The molecule has 2 aromatic rings. The van der Waals surface area contributed by atoms with Crippen LogP contribution in [0.15, 0.2) is 16.8 Å². The van der Waals surface area contributed by atoms with E-state index in [-0.39, 0.29) is 11.2 Å². The van der Waals surface area contributed by atoms with Crippen molar-refractivity contribution in [3.05, 3.63) is 22.2 Å². The average molecular weight is 263 g/mol. The minimum Gasteiger partial charge on any atom is -0.368 e. The normalized spacial score (nSPS) is 16.5. The smallest absolute Gasteiger partial charge is 0.300 e. The molecule has 1 aliphatic rings. The van der Waals surface area contributed by atoms with E-state index in [1.165, 1.54) is 6.07 Å². The quantitative estimate of drug-likeness (QED) is 0.635. The highest BCUT2D eigenvalue weighted by molar-refractivity contribution is 5.93. The number of hydrogen-bond acceptors (Lipinski definition) is 7. The molecule has 0 saturated carbocycles. The number of benzene rings is 1. The largest absolute Gasteiger partial charge is 0.368 e. The summed E-state index contributed by atoms with van der Waals surface area (Å²) >= 11 is 0. The maximum absolute atomic E-state index is 10.9. The van der Waals surface area contributed by atoms with Crippen LogP contribution in [0.3, 0.4) is 0 Å². The number of fused-ring (bicyclic) bond motifs is 1. The molecule has 1 aromatic heterocycles. The van der Waals surface area contributed by atoms with Gasteiger partial charge in [0.15, 0.2) is 5.52 Å². The minimum atomic E-state index is -0.472. The van der Waals surface area contributed by atoms with Crippen LogP contribution in [0.1, 0.15) is 6.42 Å². The third kappa shape index (κ3) is 2.10. The summed E-state index contributed by atoms with van der Waals surface area (Å²) in [5, 5.41) is 21.7. The monoisotopic (exact) mass is 263 g/mol. The number of aromatic nitrogens is 2. The lowest BCUT2D eigenvalue weighted by Gasteiger charge is -2.21. The van der Waals surface area contributed by atoms with Crippen LogP contribution in [0.4, 0.5) is 11.4 Å². The highest BCUT2D eigenvalue weighted by atomic mass is 16.6. The maximum Gasteiger partial charge on any atom is 0.300 e. The number of nitro groups is 1. The molecule has 0 unspecified atom stereocenters. The molecule has 1 fully saturated rings. The van der Waals surface area contributed by atoms with Gasteiger partial charge in [0.1, 0.15) is 0 Å². The molecule has 8 nitrogen and oxygen atoms in total. The van der Waals surface area contributed by atoms with E-state index in [0.717, 1.165) is 38.3 Å². The van der Waals surface area contributed by atoms with Gasteiger partial charge in [0, 0.05) is 25.7 Å². The van der Waals surface area contributed by atoms with Crippen LogP contribution in [0, 0.1) is 10.1 Å². The van der Waals surface area contributed by atoms with E-state index < -0.39 is 4.92 Å². The Balaban J connectivity index is 2.06. The van der Waals surface area contributed by atoms with Crippen molar-refractivity contribution in [3.8, 4) is 0 Å². The third-order valence-corrected chi connectivity index (χ3v) is 3.25. The molecule has 1 saturated heterocycles. The maximum atomic E-state index is 10.9. The second-order valence-corrected chi connectivity index (χ2v) is 4.41. The number of anilines is 1. The van der Waals surface area contributed by atoms with Gasteiger partial charge in [0.25, 0.3) is 0 Å². The van der Waals surface area contributed by atoms with Crippen molar-refractivity contribution in [1.29, 1.82) is 0 Å². The topological polar surface area (TPSA) is 97.3 Å². The van der Waals surface area contributed by atoms with Crippen molar-refractivity contribution in [2.75, 3.05) is 31.1 Å².